The van der Waals surface area contributed by atoms with Gasteiger partial charge in [-0.15, -0.1) is 0 Å². The van der Waals surface area contributed by atoms with Crippen LogP contribution in [0.4, 0.5) is 0 Å². The van der Waals surface area contributed by atoms with Crippen LogP contribution in [-0.4, -0.2) is 49.4 Å². The van der Waals surface area contributed by atoms with Crippen LogP contribution in [0, 0.1) is 5.92 Å². The van der Waals surface area contributed by atoms with Gasteiger partial charge in [0.1, 0.15) is 0 Å². The Kier molecular flexibility index (Phi) is 48.7. The fourth-order valence-electron chi connectivity index (χ4n) is 1.06. The topological polar surface area (TPSA) is 26.3 Å². The molecule has 0 heterocycles. The van der Waals surface area contributed by atoms with Gasteiger partial charge in [0.2, 0.25) is 0 Å². The van der Waals surface area contributed by atoms with Crippen molar-refractivity contribution >= 4 is 108 Å². The number of rotatable bonds is 7. The molecule has 0 rings (SSSR count). The molecule has 0 aliphatic heterocycles. The van der Waals surface area contributed by atoms with Gasteiger partial charge in [0.15, 0.2) is 0 Å². The average Bonchev–Trinajstić information content (AvgIpc) is 2.28. The molecule has 0 amide bonds. The van der Waals surface area contributed by atoms with Gasteiger partial charge >= 0.3 is 156 Å². The Balaban J connectivity index is -0.0000000652. The van der Waals surface area contributed by atoms with Gasteiger partial charge in [-0.3, -0.25) is 4.79 Å². The van der Waals surface area contributed by atoms with Crippen LogP contribution in [0.1, 0.15) is 39.5 Å². The van der Waals surface area contributed by atoms with Crippen LogP contribution in [-0.2, 0) is 23.0 Å². The summed E-state index contributed by atoms with van der Waals surface area (Å²) in [6, 6.07) is 0. The molecular weight excluding hydrogens is 713 g/mol. The van der Waals surface area contributed by atoms with Crippen LogP contribution in [0.15, 0.2) is 0 Å². The second-order valence-electron chi connectivity index (χ2n) is 5.73. The van der Waals surface area contributed by atoms with Gasteiger partial charge in [-0.2, -0.15) is 12.6 Å². The molecule has 0 aliphatic carbocycles. The molecule has 0 saturated carbocycles. The van der Waals surface area contributed by atoms with Crippen LogP contribution < -0.4 is 59.1 Å². The minimum atomic E-state index is -2.76. The number of thiol groups is 1. The van der Waals surface area contributed by atoms with Crippen molar-refractivity contribution in [1.29, 1.82) is 0 Å². The first-order valence-electron chi connectivity index (χ1n) is 7.37. The Morgan fingerprint density at radius 1 is 0.962 bits per heavy atom. The number of carbonyl (C=O) groups is 1. The zero-order chi connectivity index (χ0) is 19.1. The van der Waals surface area contributed by atoms with E-state index in [4.69, 9.17) is 49.3 Å². The fraction of sp³-hybridized carbons (Fsp3) is 0.923. The summed E-state index contributed by atoms with van der Waals surface area (Å²) in [6.07, 6.45) is 4.63. The minimum absolute atomic E-state index is 0. The van der Waals surface area contributed by atoms with Gasteiger partial charge < -0.3 is 18.2 Å². The van der Waals surface area contributed by atoms with E-state index in [1.165, 1.54) is 12.8 Å². The molecule has 26 heavy (non-hydrogen) atoms. The van der Waals surface area contributed by atoms with Gasteiger partial charge in [0.25, 0.3) is 0 Å². The average molecular weight is 742 g/mol. The number of unbranched alkanes of at least 4 members (excludes halogenated alkanes) is 2. The van der Waals surface area contributed by atoms with Gasteiger partial charge in [0, 0.05) is 0 Å². The van der Waals surface area contributed by atoms with Crippen LogP contribution in [0.3, 0.4) is 0 Å². The number of halogens is 5. The van der Waals surface area contributed by atoms with Crippen LogP contribution in [0.5, 0.6) is 0 Å². The molecule has 0 aromatic heterocycles. The van der Waals surface area contributed by atoms with Crippen molar-refractivity contribution in [1.82, 2.24) is 0 Å². The SMILES string of the molecule is CC(C)CCCCCOC(=O)CS.[CH3][Sn]([CH3])([Cl])[Cl].[CH3][Sn]([Cl])([Cl])[Cl].[Na+].[Na+].[S-2]. The monoisotopic (exact) mass is 742 g/mol. The van der Waals surface area contributed by atoms with E-state index in [2.05, 4.69) is 26.5 Å². The summed E-state index contributed by atoms with van der Waals surface area (Å²) in [5, 5.41) is 0. The quantitative estimate of drug-likeness (QED) is 0.184. The van der Waals surface area contributed by atoms with Crippen LogP contribution >= 0.6 is 57.2 Å². The molecule has 0 aromatic rings. The molecule has 0 unspecified atom stereocenters. The maximum atomic E-state index is 10.7. The maximum Gasteiger partial charge on any atom is 1.00 e. The van der Waals surface area contributed by atoms with Gasteiger partial charge in [-0.1, -0.05) is 33.1 Å². The Bertz CT molecular complexity index is 275. The second kappa shape index (κ2) is 28.3. The van der Waals surface area contributed by atoms with Crippen molar-refractivity contribution in [3.8, 4) is 0 Å². The molecule has 0 bridgehead atoms. The molecular formula is C13H29Cl5Na2O2S2Sn2. The van der Waals surface area contributed by atoms with Gasteiger partial charge in [-0.05, 0) is 12.3 Å². The van der Waals surface area contributed by atoms with Crippen molar-refractivity contribution in [2.24, 2.45) is 5.92 Å². The summed E-state index contributed by atoms with van der Waals surface area (Å²) in [5.41, 5.74) is 0. The fourth-order valence-corrected chi connectivity index (χ4v) is 1.15. The largest absolute Gasteiger partial charge is 2.00 e. The Hall–Kier alpha value is 5.22. The smallest absolute Gasteiger partial charge is 1.00 e. The molecule has 2 nitrogen and oxygen atoms in total. The molecule has 0 aromatic carbocycles. The summed E-state index contributed by atoms with van der Waals surface area (Å²) in [7, 11) is 26.8. The van der Waals surface area contributed by atoms with Crippen molar-refractivity contribution < 1.29 is 68.6 Å². The zero-order valence-corrected chi connectivity index (χ0v) is 32.1. The molecule has 0 fully saturated rings. The van der Waals surface area contributed by atoms with Gasteiger partial charge in [-0.25, -0.2) is 0 Å². The second-order valence-corrected chi connectivity index (χ2v) is 51.2. The molecule has 0 spiro atoms. The first kappa shape index (κ1) is 44.8. The van der Waals surface area contributed by atoms with Crippen LogP contribution in [0.25, 0.3) is 0 Å². The van der Waals surface area contributed by atoms with E-state index in [0.717, 1.165) is 18.8 Å². The molecule has 0 N–H and O–H groups in total. The number of esters is 1. The van der Waals surface area contributed by atoms with E-state index < -0.39 is 31.1 Å². The third-order valence-electron chi connectivity index (χ3n) is 1.82. The molecule has 0 radical (unpaired) electrons. The minimum Gasteiger partial charge on any atom is -2.00 e. The first-order chi connectivity index (χ1) is 10.2. The standard InChI is InChI=1S/C10H20O2S.3CH3.5ClH.2Na.S.2Sn/c1-9(2)6-4-3-5-7-12-10(11)8-13;;;;;;;;;;;;;/h9,13H,3-8H2,1-2H3;3*1H3;5*1H;;;;;/q;;;;;;;;;2*+1;-2;+2;+3/p-5. The summed E-state index contributed by atoms with van der Waals surface area (Å²) in [4.78, 5) is 16.2. The normalized spacial score (nSPS) is 9.85. The van der Waals surface area contributed by atoms with Crippen molar-refractivity contribution in [2.75, 3.05) is 12.4 Å². The van der Waals surface area contributed by atoms with Crippen molar-refractivity contribution in [3.63, 3.8) is 0 Å². The van der Waals surface area contributed by atoms with E-state index in [9.17, 15) is 4.79 Å². The van der Waals surface area contributed by atoms with E-state index in [-0.39, 0.29) is 84.3 Å². The summed E-state index contributed by atoms with van der Waals surface area (Å²) >= 11 is -1.19. The van der Waals surface area contributed by atoms with E-state index in [1.807, 2.05) is 9.88 Å². The molecule has 0 atom stereocenters. The number of ether oxygens (including phenoxy) is 1. The summed E-state index contributed by atoms with van der Waals surface area (Å²) in [6.45, 7) is 5.00. The Morgan fingerprint density at radius 3 is 1.58 bits per heavy atom. The molecule has 150 valence electrons. The number of carbonyl (C=O) groups excluding carboxylic acids is 1. The number of hydrogen-bond donors (Lipinski definition) is 1. The zero-order valence-electron chi connectivity index (χ0n) is 16.9. The molecule has 0 aliphatic rings. The molecule has 13 heteroatoms. The predicted molar refractivity (Wildman–Crippen MR) is 124 cm³/mol. The van der Waals surface area contributed by atoms with Crippen molar-refractivity contribution in [2.45, 2.75) is 54.3 Å². The van der Waals surface area contributed by atoms with E-state index in [1.54, 1.807) is 4.94 Å². The van der Waals surface area contributed by atoms with Crippen LogP contribution in [0.2, 0.25) is 14.8 Å². The number of hydrogen-bond acceptors (Lipinski definition) is 3. The third kappa shape index (κ3) is 88.5. The Labute approximate surface area is 244 Å². The first-order valence-corrected chi connectivity index (χ1v) is 34.6. The van der Waals surface area contributed by atoms with E-state index in [0.29, 0.717) is 6.61 Å². The van der Waals surface area contributed by atoms with Crippen molar-refractivity contribution in [3.05, 3.63) is 0 Å². The maximum absolute atomic E-state index is 10.7. The third-order valence-corrected chi connectivity index (χ3v) is 2.08. The summed E-state index contributed by atoms with van der Waals surface area (Å²) < 4.78 is 4.88. The Morgan fingerprint density at radius 2 is 1.31 bits per heavy atom. The summed E-state index contributed by atoms with van der Waals surface area (Å²) in [5.74, 6) is 0.749. The van der Waals surface area contributed by atoms with Gasteiger partial charge in [0.05, 0.1) is 12.4 Å². The molecule has 0 saturated heterocycles. The van der Waals surface area contributed by atoms with E-state index >= 15 is 0 Å². The predicted octanol–water partition coefficient (Wildman–Crippen LogP) is 1.12.